The second-order valence-corrected chi connectivity index (χ2v) is 7.48. The molecule has 0 atom stereocenters. The number of nitrogens with zero attached hydrogens (tertiary/aromatic N) is 2. The third kappa shape index (κ3) is 5.20. The van der Waals surface area contributed by atoms with Crippen LogP contribution in [0.5, 0.6) is 17.2 Å². The fourth-order valence-electron chi connectivity index (χ4n) is 2.33. The molecule has 154 valence electrons. The minimum Gasteiger partial charge on any atom is -0.493 e. The maximum absolute atomic E-state index is 12.2. The predicted molar refractivity (Wildman–Crippen MR) is 107 cm³/mol. The molecule has 0 unspecified atom stereocenters. The van der Waals surface area contributed by atoms with Crippen LogP contribution in [0.4, 0.5) is 4.79 Å². The fraction of sp³-hybridized carbons (Fsp3) is 0.368. The van der Waals surface area contributed by atoms with Crippen LogP contribution in [0.15, 0.2) is 22.1 Å². The van der Waals surface area contributed by atoms with Crippen molar-refractivity contribution >= 4 is 17.9 Å². The monoisotopic (exact) mass is 419 g/mol. The van der Waals surface area contributed by atoms with Crippen molar-refractivity contribution < 1.29 is 23.7 Å². The summed E-state index contributed by atoms with van der Waals surface area (Å²) in [5.41, 5.74) is -0.932. The lowest BCUT2D eigenvalue weighted by Gasteiger charge is -2.20. The van der Waals surface area contributed by atoms with Gasteiger partial charge in [0, 0.05) is 5.56 Å². The van der Waals surface area contributed by atoms with Gasteiger partial charge in [-0.2, -0.15) is 5.26 Å². The molecule has 10 heteroatoms. The minimum atomic E-state index is -0.932. The first-order valence-electron chi connectivity index (χ1n) is 8.39. The van der Waals surface area contributed by atoms with Crippen molar-refractivity contribution in [2.24, 2.45) is 0 Å². The SMILES string of the molecule is COc1cc(-c2nc(SC)[nH]c(=O)c2C#N)cc(OC)c1OC(=O)OC(C)(C)C. The van der Waals surface area contributed by atoms with E-state index < -0.39 is 17.3 Å². The molecule has 0 saturated heterocycles. The number of H-pyrrole nitrogens is 1. The number of rotatable bonds is 5. The van der Waals surface area contributed by atoms with E-state index in [-0.39, 0.29) is 28.5 Å². The van der Waals surface area contributed by atoms with Gasteiger partial charge in [0.2, 0.25) is 5.75 Å². The van der Waals surface area contributed by atoms with E-state index in [1.807, 2.05) is 6.07 Å². The second kappa shape index (κ2) is 8.87. The summed E-state index contributed by atoms with van der Waals surface area (Å²) >= 11 is 1.22. The number of methoxy groups -OCH3 is 2. The van der Waals surface area contributed by atoms with Crippen LogP contribution in [0.25, 0.3) is 11.3 Å². The van der Waals surface area contributed by atoms with Gasteiger partial charge in [-0.15, -0.1) is 0 Å². The van der Waals surface area contributed by atoms with Gasteiger partial charge in [-0.1, -0.05) is 11.8 Å². The third-order valence-electron chi connectivity index (χ3n) is 3.51. The lowest BCUT2D eigenvalue weighted by Crippen LogP contribution is -2.26. The summed E-state index contributed by atoms with van der Waals surface area (Å²) < 4.78 is 21.1. The Hall–Kier alpha value is -3.19. The summed E-state index contributed by atoms with van der Waals surface area (Å²) in [4.78, 5) is 31.1. The van der Waals surface area contributed by atoms with Crippen molar-refractivity contribution in [3.05, 3.63) is 28.0 Å². The summed E-state index contributed by atoms with van der Waals surface area (Å²) in [5, 5.41) is 9.74. The van der Waals surface area contributed by atoms with Gasteiger partial charge >= 0.3 is 6.16 Å². The molecule has 1 aromatic heterocycles. The first kappa shape index (κ1) is 22.1. The Labute approximate surface area is 172 Å². The van der Waals surface area contributed by atoms with Gasteiger partial charge in [0.1, 0.15) is 17.2 Å². The third-order valence-corrected chi connectivity index (χ3v) is 4.09. The summed E-state index contributed by atoms with van der Waals surface area (Å²) in [7, 11) is 2.76. The highest BCUT2D eigenvalue weighted by Gasteiger charge is 2.24. The van der Waals surface area contributed by atoms with Crippen LogP contribution >= 0.6 is 11.8 Å². The topological polar surface area (TPSA) is 124 Å². The number of aromatic amines is 1. The maximum atomic E-state index is 12.2. The van der Waals surface area contributed by atoms with Gasteiger partial charge in [0.15, 0.2) is 16.7 Å². The van der Waals surface area contributed by atoms with Crippen LogP contribution in [0.1, 0.15) is 26.3 Å². The highest BCUT2D eigenvalue weighted by Crippen LogP contribution is 2.42. The van der Waals surface area contributed by atoms with Gasteiger partial charge in [0.25, 0.3) is 5.56 Å². The Kier molecular flexibility index (Phi) is 6.76. The zero-order chi connectivity index (χ0) is 21.8. The lowest BCUT2D eigenvalue weighted by atomic mass is 10.1. The van der Waals surface area contributed by atoms with E-state index in [2.05, 4.69) is 9.97 Å². The molecule has 29 heavy (non-hydrogen) atoms. The smallest absolute Gasteiger partial charge is 0.493 e. The number of benzene rings is 1. The van der Waals surface area contributed by atoms with E-state index in [1.165, 1.54) is 38.1 Å². The van der Waals surface area contributed by atoms with Gasteiger partial charge in [0.05, 0.1) is 19.9 Å². The Morgan fingerprint density at radius 1 is 1.21 bits per heavy atom. The van der Waals surface area contributed by atoms with E-state index >= 15 is 0 Å². The zero-order valence-corrected chi connectivity index (χ0v) is 17.7. The molecule has 0 aliphatic rings. The molecule has 0 amide bonds. The van der Waals surface area contributed by atoms with Crippen molar-refractivity contribution in [1.82, 2.24) is 9.97 Å². The number of thioether (sulfide) groups is 1. The number of hydrogen-bond donors (Lipinski definition) is 1. The van der Waals surface area contributed by atoms with Crippen molar-refractivity contribution in [2.75, 3.05) is 20.5 Å². The van der Waals surface area contributed by atoms with Gasteiger partial charge in [-0.05, 0) is 39.2 Å². The fourth-order valence-corrected chi connectivity index (χ4v) is 2.71. The van der Waals surface area contributed by atoms with Crippen molar-refractivity contribution in [1.29, 1.82) is 5.26 Å². The number of carbonyl (C=O) groups excluding carboxylic acids is 1. The minimum absolute atomic E-state index is 0.00133. The number of ether oxygens (including phenoxy) is 4. The highest BCUT2D eigenvalue weighted by atomic mass is 32.2. The molecule has 1 aromatic carbocycles. The predicted octanol–water partition coefficient (Wildman–Crippen LogP) is 3.36. The Balaban J connectivity index is 2.62. The van der Waals surface area contributed by atoms with E-state index in [0.717, 1.165) is 0 Å². The van der Waals surface area contributed by atoms with Gasteiger partial charge in [-0.25, -0.2) is 9.78 Å². The molecule has 2 aromatic rings. The summed E-state index contributed by atoms with van der Waals surface area (Å²) in [6.07, 6.45) is 0.811. The van der Waals surface area contributed by atoms with E-state index in [0.29, 0.717) is 10.7 Å². The molecule has 0 aliphatic heterocycles. The zero-order valence-electron chi connectivity index (χ0n) is 16.9. The number of hydrogen-bond acceptors (Lipinski definition) is 9. The number of aromatic nitrogens is 2. The lowest BCUT2D eigenvalue weighted by molar-refractivity contribution is 0.0195. The van der Waals surface area contributed by atoms with Gasteiger partial charge < -0.3 is 23.9 Å². The number of carbonyl (C=O) groups is 1. The van der Waals surface area contributed by atoms with Crippen LogP contribution in [0.3, 0.4) is 0 Å². The van der Waals surface area contributed by atoms with E-state index in [4.69, 9.17) is 18.9 Å². The normalized spacial score (nSPS) is 10.8. The van der Waals surface area contributed by atoms with Crippen LogP contribution in [0.2, 0.25) is 0 Å². The average Bonchev–Trinajstić information content (AvgIpc) is 2.65. The molecule has 1 N–H and O–H groups in total. The van der Waals surface area contributed by atoms with Crippen LogP contribution in [0, 0.1) is 11.3 Å². The number of nitrogens with one attached hydrogen (secondary N) is 1. The first-order chi connectivity index (χ1) is 13.6. The number of nitriles is 1. The molecule has 0 saturated carbocycles. The summed E-state index contributed by atoms with van der Waals surface area (Å²) in [6, 6.07) is 4.85. The molecule has 2 rings (SSSR count). The molecule has 0 bridgehead atoms. The largest absolute Gasteiger partial charge is 0.514 e. The Morgan fingerprint density at radius 3 is 2.24 bits per heavy atom. The van der Waals surface area contributed by atoms with Gasteiger partial charge in [-0.3, -0.25) is 4.79 Å². The summed E-state index contributed by atoms with van der Waals surface area (Å²) in [6.45, 7) is 5.12. The quantitative estimate of drug-likeness (QED) is 0.336. The Bertz CT molecular complexity index is 995. The van der Waals surface area contributed by atoms with Crippen molar-refractivity contribution in [3.8, 4) is 34.6 Å². The highest BCUT2D eigenvalue weighted by molar-refractivity contribution is 7.98. The van der Waals surface area contributed by atoms with Crippen LogP contribution in [-0.4, -0.2) is 42.2 Å². The first-order valence-corrected chi connectivity index (χ1v) is 9.61. The molecular formula is C19H21N3O6S. The van der Waals surface area contributed by atoms with Crippen molar-refractivity contribution in [3.63, 3.8) is 0 Å². The molecular weight excluding hydrogens is 398 g/mol. The van der Waals surface area contributed by atoms with Crippen LogP contribution < -0.4 is 19.8 Å². The molecule has 0 aliphatic carbocycles. The van der Waals surface area contributed by atoms with Crippen LogP contribution in [-0.2, 0) is 4.74 Å². The standard InChI is InChI=1S/C19H21N3O6S/c1-19(2,3)28-18(24)27-15-12(25-4)7-10(8-13(15)26-5)14-11(9-20)16(23)22-17(21-14)29-6/h7-8H,1-6H3,(H,21,22,23). The molecule has 0 fully saturated rings. The van der Waals surface area contributed by atoms with E-state index in [9.17, 15) is 14.9 Å². The summed E-state index contributed by atoms with van der Waals surface area (Å²) in [5.74, 6) is 0.283. The second-order valence-electron chi connectivity index (χ2n) is 6.69. The Morgan fingerprint density at radius 2 is 1.79 bits per heavy atom. The molecule has 0 radical (unpaired) electrons. The maximum Gasteiger partial charge on any atom is 0.514 e. The average molecular weight is 419 g/mol. The van der Waals surface area contributed by atoms with Crippen molar-refractivity contribution in [2.45, 2.75) is 31.5 Å². The van der Waals surface area contributed by atoms with E-state index in [1.54, 1.807) is 27.0 Å². The molecule has 1 heterocycles. The molecule has 0 spiro atoms. The molecule has 9 nitrogen and oxygen atoms in total.